The lowest BCUT2D eigenvalue weighted by Crippen LogP contribution is -2.51. The van der Waals surface area contributed by atoms with Gasteiger partial charge in [0.2, 0.25) is 5.91 Å². The molecule has 2 aliphatic heterocycles. The minimum Gasteiger partial charge on any atom is -0.354 e. The SMILES string of the molecule is CSCC(C)N1CCC(N2CCC(C(=O)NC(C)C)CC2)CC1. The van der Waals surface area contributed by atoms with E-state index < -0.39 is 0 Å². The van der Waals surface area contributed by atoms with E-state index in [1.54, 1.807) is 0 Å². The number of nitrogens with zero attached hydrogens (tertiary/aromatic N) is 2. The highest BCUT2D eigenvalue weighted by Gasteiger charge is 2.31. The first-order chi connectivity index (χ1) is 11.0. The van der Waals surface area contributed by atoms with E-state index in [1.165, 1.54) is 31.7 Å². The van der Waals surface area contributed by atoms with Crippen LogP contribution in [0.5, 0.6) is 0 Å². The third-order valence-electron chi connectivity index (χ3n) is 5.38. The first kappa shape index (κ1) is 19.1. The summed E-state index contributed by atoms with van der Waals surface area (Å²) in [6.07, 6.45) is 6.84. The molecule has 2 rings (SSSR count). The van der Waals surface area contributed by atoms with Crippen molar-refractivity contribution in [1.29, 1.82) is 0 Å². The lowest BCUT2D eigenvalue weighted by Gasteiger charge is -2.43. The van der Waals surface area contributed by atoms with Crippen molar-refractivity contribution in [3.63, 3.8) is 0 Å². The number of amides is 1. The summed E-state index contributed by atoms with van der Waals surface area (Å²) < 4.78 is 0. The standard InChI is InChI=1S/C18H35N3OS/c1-14(2)19-18(22)16-5-9-21(10-6-16)17-7-11-20(12-8-17)15(3)13-23-4/h14-17H,5-13H2,1-4H3,(H,19,22). The van der Waals surface area contributed by atoms with Crippen LogP contribution < -0.4 is 5.32 Å². The molecule has 2 fully saturated rings. The maximum absolute atomic E-state index is 12.1. The lowest BCUT2D eigenvalue weighted by atomic mass is 9.92. The molecule has 0 aromatic heterocycles. The summed E-state index contributed by atoms with van der Waals surface area (Å²) >= 11 is 1.95. The van der Waals surface area contributed by atoms with Crippen LogP contribution in [0.25, 0.3) is 0 Å². The molecule has 0 saturated carbocycles. The van der Waals surface area contributed by atoms with E-state index >= 15 is 0 Å². The molecular formula is C18H35N3OS. The second-order valence-electron chi connectivity index (χ2n) is 7.55. The van der Waals surface area contributed by atoms with Crippen LogP contribution in [0.1, 0.15) is 46.5 Å². The molecule has 1 unspecified atom stereocenters. The number of likely N-dealkylation sites (tertiary alicyclic amines) is 2. The van der Waals surface area contributed by atoms with E-state index in [0.29, 0.717) is 6.04 Å². The molecular weight excluding hydrogens is 306 g/mol. The molecule has 0 spiro atoms. The zero-order valence-electron chi connectivity index (χ0n) is 15.4. The van der Waals surface area contributed by atoms with Gasteiger partial charge < -0.3 is 10.2 Å². The van der Waals surface area contributed by atoms with E-state index in [-0.39, 0.29) is 17.9 Å². The number of piperidine rings is 2. The summed E-state index contributed by atoms with van der Waals surface area (Å²) in [5.41, 5.74) is 0. The highest BCUT2D eigenvalue weighted by atomic mass is 32.2. The zero-order chi connectivity index (χ0) is 16.8. The van der Waals surface area contributed by atoms with Crippen molar-refractivity contribution in [3.8, 4) is 0 Å². The van der Waals surface area contributed by atoms with E-state index in [0.717, 1.165) is 32.0 Å². The molecule has 2 saturated heterocycles. The van der Waals surface area contributed by atoms with Crippen molar-refractivity contribution in [1.82, 2.24) is 15.1 Å². The molecule has 0 bridgehead atoms. The number of hydrogen-bond donors (Lipinski definition) is 1. The molecule has 2 heterocycles. The van der Waals surface area contributed by atoms with Crippen LogP contribution in [0.4, 0.5) is 0 Å². The molecule has 1 atom stereocenters. The Kier molecular flexibility index (Phi) is 7.70. The maximum Gasteiger partial charge on any atom is 0.223 e. The van der Waals surface area contributed by atoms with E-state index in [1.807, 2.05) is 25.6 Å². The highest BCUT2D eigenvalue weighted by Crippen LogP contribution is 2.25. The van der Waals surface area contributed by atoms with Crippen LogP contribution in [0.3, 0.4) is 0 Å². The Morgan fingerprint density at radius 3 is 2.22 bits per heavy atom. The van der Waals surface area contributed by atoms with Gasteiger partial charge in [0, 0.05) is 29.8 Å². The second-order valence-corrected chi connectivity index (χ2v) is 8.46. The lowest BCUT2D eigenvalue weighted by molar-refractivity contribution is -0.127. The zero-order valence-corrected chi connectivity index (χ0v) is 16.2. The predicted octanol–water partition coefficient (Wildman–Crippen LogP) is 2.44. The summed E-state index contributed by atoms with van der Waals surface area (Å²) in [6, 6.07) is 1.70. The van der Waals surface area contributed by atoms with E-state index in [2.05, 4.69) is 28.3 Å². The quantitative estimate of drug-likeness (QED) is 0.805. The van der Waals surface area contributed by atoms with Crippen LogP contribution in [0, 0.1) is 5.92 Å². The van der Waals surface area contributed by atoms with Crippen LogP contribution in [-0.2, 0) is 4.79 Å². The normalized spacial score (nSPS) is 24.0. The summed E-state index contributed by atoms with van der Waals surface area (Å²) in [7, 11) is 0. The summed E-state index contributed by atoms with van der Waals surface area (Å²) in [6.45, 7) is 11.1. The van der Waals surface area contributed by atoms with Crippen molar-refractivity contribution >= 4 is 17.7 Å². The van der Waals surface area contributed by atoms with Gasteiger partial charge in [-0.15, -0.1) is 0 Å². The van der Waals surface area contributed by atoms with E-state index in [9.17, 15) is 4.79 Å². The van der Waals surface area contributed by atoms with Gasteiger partial charge in [0.05, 0.1) is 0 Å². The molecule has 4 nitrogen and oxygen atoms in total. The minimum absolute atomic E-state index is 0.232. The fourth-order valence-corrected chi connectivity index (χ4v) is 4.66. The van der Waals surface area contributed by atoms with Gasteiger partial charge in [0.25, 0.3) is 0 Å². The number of carbonyl (C=O) groups excluding carboxylic acids is 1. The number of rotatable bonds is 6. The maximum atomic E-state index is 12.1. The van der Waals surface area contributed by atoms with Crippen molar-refractivity contribution < 1.29 is 4.79 Å². The smallest absolute Gasteiger partial charge is 0.223 e. The van der Waals surface area contributed by atoms with Crippen LogP contribution in [-0.4, -0.2) is 72.0 Å². The monoisotopic (exact) mass is 341 g/mol. The molecule has 0 aliphatic carbocycles. The molecule has 134 valence electrons. The number of thioether (sulfide) groups is 1. The van der Waals surface area contributed by atoms with Gasteiger partial charge in [-0.25, -0.2) is 0 Å². The van der Waals surface area contributed by atoms with Gasteiger partial charge in [-0.2, -0.15) is 11.8 Å². The Hall–Kier alpha value is -0.260. The summed E-state index contributed by atoms with van der Waals surface area (Å²) in [5, 5.41) is 3.07. The molecule has 5 heteroatoms. The Morgan fingerprint density at radius 1 is 1.09 bits per heavy atom. The van der Waals surface area contributed by atoms with Gasteiger partial charge >= 0.3 is 0 Å². The average molecular weight is 342 g/mol. The Bertz CT molecular complexity index is 361. The Morgan fingerprint density at radius 2 is 1.70 bits per heavy atom. The number of nitrogens with one attached hydrogen (secondary N) is 1. The van der Waals surface area contributed by atoms with E-state index in [4.69, 9.17) is 0 Å². The van der Waals surface area contributed by atoms with Crippen molar-refractivity contribution in [2.75, 3.05) is 38.2 Å². The van der Waals surface area contributed by atoms with Crippen molar-refractivity contribution in [3.05, 3.63) is 0 Å². The first-order valence-electron chi connectivity index (χ1n) is 9.28. The van der Waals surface area contributed by atoms with Crippen molar-refractivity contribution in [2.45, 2.75) is 64.6 Å². The third kappa shape index (κ3) is 5.64. The third-order valence-corrected chi connectivity index (χ3v) is 6.19. The Labute approximate surface area is 146 Å². The average Bonchev–Trinajstić information content (AvgIpc) is 2.55. The molecule has 0 aromatic carbocycles. The topological polar surface area (TPSA) is 35.6 Å². The fourth-order valence-electron chi connectivity index (χ4n) is 3.97. The Balaban J connectivity index is 1.71. The molecule has 2 aliphatic rings. The number of hydrogen-bond acceptors (Lipinski definition) is 4. The predicted molar refractivity (Wildman–Crippen MR) is 100 cm³/mol. The molecule has 1 N–H and O–H groups in total. The first-order valence-corrected chi connectivity index (χ1v) is 10.7. The minimum atomic E-state index is 0.232. The van der Waals surface area contributed by atoms with Crippen LogP contribution >= 0.6 is 11.8 Å². The molecule has 0 aromatic rings. The second kappa shape index (κ2) is 9.28. The van der Waals surface area contributed by atoms with Crippen LogP contribution in [0.15, 0.2) is 0 Å². The van der Waals surface area contributed by atoms with Gasteiger partial charge in [-0.3, -0.25) is 9.69 Å². The van der Waals surface area contributed by atoms with Gasteiger partial charge in [0.15, 0.2) is 0 Å². The van der Waals surface area contributed by atoms with Gasteiger partial charge in [-0.05, 0) is 78.9 Å². The van der Waals surface area contributed by atoms with Crippen LogP contribution in [0.2, 0.25) is 0 Å². The molecule has 0 radical (unpaired) electrons. The van der Waals surface area contributed by atoms with Gasteiger partial charge in [-0.1, -0.05) is 0 Å². The van der Waals surface area contributed by atoms with Crippen molar-refractivity contribution in [2.24, 2.45) is 5.92 Å². The summed E-state index contributed by atoms with van der Waals surface area (Å²) in [4.78, 5) is 17.4. The molecule has 1 amide bonds. The number of carbonyl (C=O) groups is 1. The van der Waals surface area contributed by atoms with Gasteiger partial charge in [0.1, 0.15) is 0 Å². The fraction of sp³-hybridized carbons (Fsp3) is 0.944. The molecule has 23 heavy (non-hydrogen) atoms. The highest BCUT2D eigenvalue weighted by molar-refractivity contribution is 7.98. The largest absolute Gasteiger partial charge is 0.354 e. The summed E-state index contributed by atoms with van der Waals surface area (Å²) in [5.74, 6) is 1.73.